The van der Waals surface area contributed by atoms with Crippen LogP contribution in [0.15, 0.2) is 6.07 Å². The molecule has 0 saturated heterocycles. The highest BCUT2D eigenvalue weighted by atomic mass is 16.3. The van der Waals surface area contributed by atoms with Crippen LogP contribution in [0.1, 0.15) is 37.6 Å². The lowest BCUT2D eigenvalue weighted by Crippen LogP contribution is -2.17. The van der Waals surface area contributed by atoms with Crippen molar-refractivity contribution in [2.24, 2.45) is 5.92 Å². The first-order valence-corrected chi connectivity index (χ1v) is 6.32. The Morgan fingerprint density at radius 2 is 1.88 bits per heavy atom. The predicted octanol–water partition coefficient (Wildman–Crippen LogP) is 2.30. The molecule has 4 heteroatoms. The highest BCUT2D eigenvalue weighted by Crippen LogP contribution is 2.12. The first-order chi connectivity index (χ1) is 8.15. The molecule has 0 saturated carbocycles. The molecule has 0 aliphatic heterocycles. The third-order valence-corrected chi connectivity index (χ3v) is 2.77. The molecule has 0 amide bonds. The molecule has 0 aliphatic carbocycles. The molecule has 0 bridgehead atoms. The summed E-state index contributed by atoms with van der Waals surface area (Å²) in [6.07, 6.45) is 3.10. The van der Waals surface area contributed by atoms with Crippen molar-refractivity contribution in [3.63, 3.8) is 0 Å². The van der Waals surface area contributed by atoms with E-state index >= 15 is 0 Å². The van der Waals surface area contributed by atoms with Gasteiger partial charge >= 0.3 is 0 Å². The van der Waals surface area contributed by atoms with E-state index in [0.29, 0.717) is 11.9 Å². The summed E-state index contributed by atoms with van der Waals surface area (Å²) in [5, 5.41) is 12.3. The molecule has 1 unspecified atom stereocenters. The van der Waals surface area contributed by atoms with E-state index in [1.165, 1.54) is 0 Å². The molecule has 1 aromatic heterocycles. The van der Waals surface area contributed by atoms with Crippen molar-refractivity contribution < 1.29 is 5.11 Å². The number of nitrogens with zero attached hydrogens (tertiary/aromatic N) is 2. The van der Waals surface area contributed by atoms with Crippen molar-refractivity contribution in [1.82, 2.24) is 9.97 Å². The van der Waals surface area contributed by atoms with Gasteiger partial charge in [0.1, 0.15) is 0 Å². The number of aromatic nitrogens is 2. The molecule has 0 fully saturated rings. The molecular weight excluding hydrogens is 214 g/mol. The Labute approximate surface area is 103 Å². The summed E-state index contributed by atoms with van der Waals surface area (Å²) in [7, 11) is 0. The Bertz CT molecular complexity index is 315. The molecule has 1 aromatic rings. The van der Waals surface area contributed by atoms with Crippen molar-refractivity contribution >= 4 is 5.95 Å². The summed E-state index contributed by atoms with van der Waals surface area (Å²) in [5.74, 6) is 1.19. The van der Waals surface area contributed by atoms with Crippen LogP contribution >= 0.6 is 0 Å². The van der Waals surface area contributed by atoms with Crippen LogP contribution in [0, 0.1) is 19.8 Å². The third kappa shape index (κ3) is 5.13. The van der Waals surface area contributed by atoms with Crippen LogP contribution in [0.4, 0.5) is 5.95 Å². The molecule has 4 nitrogen and oxygen atoms in total. The van der Waals surface area contributed by atoms with Gasteiger partial charge in [-0.25, -0.2) is 9.97 Å². The zero-order valence-electron chi connectivity index (χ0n) is 11.0. The normalized spacial score (nSPS) is 12.5. The van der Waals surface area contributed by atoms with Gasteiger partial charge in [-0.1, -0.05) is 13.3 Å². The lowest BCUT2D eigenvalue weighted by atomic mass is 10.0. The second-order valence-electron chi connectivity index (χ2n) is 4.52. The van der Waals surface area contributed by atoms with Gasteiger partial charge in [0.05, 0.1) is 0 Å². The van der Waals surface area contributed by atoms with Crippen LogP contribution in [0.3, 0.4) is 0 Å². The number of aliphatic hydroxyl groups is 1. The lowest BCUT2D eigenvalue weighted by molar-refractivity contribution is 0.255. The Hall–Kier alpha value is -1.16. The molecule has 0 spiro atoms. The van der Waals surface area contributed by atoms with Gasteiger partial charge in [0.25, 0.3) is 0 Å². The van der Waals surface area contributed by atoms with Crippen molar-refractivity contribution in [3.05, 3.63) is 17.5 Å². The Balaban J connectivity index is 2.52. The van der Waals surface area contributed by atoms with Gasteiger partial charge in [0.15, 0.2) is 0 Å². The van der Waals surface area contributed by atoms with E-state index in [4.69, 9.17) is 5.11 Å². The first kappa shape index (κ1) is 13.9. The Morgan fingerprint density at radius 3 is 2.41 bits per heavy atom. The van der Waals surface area contributed by atoms with E-state index < -0.39 is 0 Å². The van der Waals surface area contributed by atoms with E-state index in [1.54, 1.807) is 0 Å². The molecule has 1 atom stereocenters. The molecule has 0 radical (unpaired) electrons. The zero-order chi connectivity index (χ0) is 12.7. The fourth-order valence-corrected chi connectivity index (χ4v) is 1.98. The van der Waals surface area contributed by atoms with E-state index in [1.807, 2.05) is 19.9 Å². The monoisotopic (exact) mass is 237 g/mol. The van der Waals surface area contributed by atoms with Gasteiger partial charge in [-0.3, -0.25) is 0 Å². The van der Waals surface area contributed by atoms with Crippen molar-refractivity contribution in [3.8, 4) is 0 Å². The topological polar surface area (TPSA) is 58.0 Å². The molecule has 1 heterocycles. The zero-order valence-corrected chi connectivity index (χ0v) is 11.0. The second-order valence-corrected chi connectivity index (χ2v) is 4.52. The van der Waals surface area contributed by atoms with E-state index in [2.05, 4.69) is 22.2 Å². The van der Waals surface area contributed by atoms with E-state index in [-0.39, 0.29) is 6.61 Å². The molecule has 1 rings (SSSR count). The number of rotatable bonds is 7. The summed E-state index contributed by atoms with van der Waals surface area (Å²) in [6.45, 7) is 7.18. The number of aryl methyl sites for hydroxylation is 2. The first-order valence-electron chi connectivity index (χ1n) is 6.32. The van der Waals surface area contributed by atoms with Crippen LogP contribution in [0.25, 0.3) is 0 Å². The quantitative estimate of drug-likeness (QED) is 0.764. The largest absolute Gasteiger partial charge is 0.396 e. The van der Waals surface area contributed by atoms with Gasteiger partial charge in [-0.2, -0.15) is 0 Å². The predicted molar refractivity (Wildman–Crippen MR) is 70.1 cm³/mol. The standard InChI is InChI=1S/C13H23N3O/c1-4-5-12(6-7-17)9-14-13-15-10(2)8-11(3)16-13/h8,12,17H,4-7,9H2,1-3H3,(H,14,15,16). The summed E-state index contributed by atoms with van der Waals surface area (Å²) >= 11 is 0. The maximum Gasteiger partial charge on any atom is 0.223 e. The molecular formula is C13H23N3O. The summed E-state index contributed by atoms with van der Waals surface area (Å²) < 4.78 is 0. The van der Waals surface area contributed by atoms with Crippen LogP contribution in [-0.4, -0.2) is 28.2 Å². The van der Waals surface area contributed by atoms with Crippen LogP contribution in [0.5, 0.6) is 0 Å². The summed E-state index contributed by atoms with van der Waals surface area (Å²) in [6, 6.07) is 1.96. The molecule has 17 heavy (non-hydrogen) atoms. The minimum Gasteiger partial charge on any atom is -0.396 e. The summed E-state index contributed by atoms with van der Waals surface area (Å²) in [5.41, 5.74) is 1.96. The van der Waals surface area contributed by atoms with Crippen LogP contribution in [-0.2, 0) is 0 Å². The van der Waals surface area contributed by atoms with Crippen LogP contribution in [0.2, 0.25) is 0 Å². The van der Waals surface area contributed by atoms with Crippen molar-refractivity contribution in [2.45, 2.75) is 40.0 Å². The second kappa shape index (κ2) is 7.22. The number of nitrogens with one attached hydrogen (secondary N) is 1. The molecule has 96 valence electrons. The smallest absolute Gasteiger partial charge is 0.223 e. The minimum absolute atomic E-state index is 0.250. The van der Waals surface area contributed by atoms with Gasteiger partial charge < -0.3 is 10.4 Å². The van der Waals surface area contributed by atoms with Gasteiger partial charge in [-0.05, 0) is 38.7 Å². The van der Waals surface area contributed by atoms with Crippen LogP contribution < -0.4 is 5.32 Å². The highest BCUT2D eigenvalue weighted by molar-refractivity contribution is 5.27. The average Bonchev–Trinajstić information content (AvgIpc) is 2.25. The van der Waals surface area contributed by atoms with Gasteiger partial charge in [0, 0.05) is 24.5 Å². The molecule has 2 N–H and O–H groups in total. The minimum atomic E-state index is 0.250. The summed E-state index contributed by atoms with van der Waals surface area (Å²) in [4.78, 5) is 8.68. The SMILES string of the molecule is CCCC(CCO)CNc1nc(C)cc(C)n1. The molecule has 0 aromatic carbocycles. The van der Waals surface area contributed by atoms with Gasteiger partial charge in [-0.15, -0.1) is 0 Å². The number of aliphatic hydroxyl groups excluding tert-OH is 1. The van der Waals surface area contributed by atoms with E-state index in [0.717, 1.165) is 37.2 Å². The maximum atomic E-state index is 8.99. The van der Waals surface area contributed by atoms with Gasteiger partial charge in [0.2, 0.25) is 5.95 Å². The fraction of sp³-hybridized carbons (Fsp3) is 0.692. The Kier molecular flexibility index (Phi) is 5.91. The number of hydrogen-bond donors (Lipinski definition) is 2. The third-order valence-electron chi connectivity index (χ3n) is 2.77. The fourth-order valence-electron chi connectivity index (χ4n) is 1.98. The van der Waals surface area contributed by atoms with Crippen molar-refractivity contribution in [2.75, 3.05) is 18.5 Å². The average molecular weight is 237 g/mol. The lowest BCUT2D eigenvalue weighted by Gasteiger charge is -2.15. The highest BCUT2D eigenvalue weighted by Gasteiger charge is 2.08. The van der Waals surface area contributed by atoms with E-state index in [9.17, 15) is 0 Å². The number of anilines is 1. The Morgan fingerprint density at radius 1 is 1.24 bits per heavy atom. The van der Waals surface area contributed by atoms with Crippen molar-refractivity contribution in [1.29, 1.82) is 0 Å². The number of hydrogen-bond acceptors (Lipinski definition) is 4. The molecule has 0 aliphatic rings. The maximum absolute atomic E-state index is 8.99.